The minimum absolute atomic E-state index is 0.677. The van der Waals surface area contributed by atoms with Crippen molar-refractivity contribution >= 4 is 21.6 Å². The second kappa shape index (κ2) is 5.46. The van der Waals surface area contributed by atoms with E-state index in [0.717, 1.165) is 27.0 Å². The average Bonchev–Trinajstić information content (AvgIpc) is 2.90. The molecule has 0 amide bonds. The highest BCUT2D eigenvalue weighted by Gasteiger charge is 2.06. The van der Waals surface area contributed by atoms with Crippen LogP contribution in [-0.4, -0.2) is 15.0 Å². The minimum Gasteiger partial charge on any atom is -0.399 e. The molecule has 0 saturated carbocycles. The van der Waals surface area contributed by atoms with Crippen molar-refractivity contribution in [1.82, 2.24) is 15.0 Å². The molecular weight excluding hydrogens is 316 g/mol. The molecular formula is C15H13BrN4. The van der Waals surface area contributed by atoms with Crippen molar-refractivity contribution in [3.63, 3.8) is 0 Å². The van der Waals surface area contributed by atoms with E-state index in [-0.39, 0.29) is 0 Å². The number of nitrogens with zero attached hydrogens (tertiary/aromatic N) is 3. The van der Waals surface area contributed by atoms with Crippen LogP contribution in [-0.2, 0) is 6.54 Å². The molecule has 0 radical (unpaired) electrons. The molecule has 5 heteroatoms. The lowest BCUT2D eigenvalue weighted by Gasteiger charge is -2.03. The fraction of sp³-hybridized carbons (Fsp3) is 0.0667. The number of anilines is 1. The van der Waals surface area contributed by atoms with Gasteiger partial charge in [0.2, 0.25) is 0 Å². The van der Waals surface area contributed by atoms with Crippen LogP contribution < -0.4 is 5.73 Å². The monoisotopic (exact) mass is 328 g/mol. The summed E-state index contributed by atoms with van der Waals surface area (Å²) < 4.78 is 2.89. The molecule has 0 fully saturated rings. The number of nitrogen functional groups attached to an aromatic ring is 1. The lowest BCUT2D eigenvalue weighted by molar-refractivity contribution is 0.648. The highest BCUT2D eigenvalue weighted by Crippen LogP contribution is 2.20. The first kappa shape index (κ1) is 12.9. The Balaban J connectivity index is 1.86. The van der Waals surface area contributed by atoms with Gasteiger partial charge in [0.1, 0.15) is 5.69 Å². The maximum absolute atomic E-state index is 5.78. The number of aromatic nitrogens is 3. The number of nitrogens with two attached hydrogens (primary N) is 1. The van der Waals surface area contributed by atoms with E-state index in [4.69, 9.17) is 5.73 Å². The third-order valence-corrected chi connectivity index (χ3v) is 3.78. The fourth-order valence-corrected chi connectivity index (χ4v) is 2.42. The third-order valence-electron chi connectivity index (χ3n) is 3.01. The second-order valence-electron chi connectivity index (χ2n) is 4.52. The molecule has 1 heterocycles. The van der Waals surface area contributed by atoms with Gasteiger partial charge in [0, 0.05) is 15.7 Å². The Morgan fingerprint density at radius 2 is 1.95 bits per heavy atom. The first-order valence-electron chi connectivity index (χ1n) is 6.22. The largest absolute Gasteiger partial charge is 0.399 e. The molecule has 0 saturated heterocycles. The van der Waals surface area contributed by atoms with E-state index in [2.05, 4.69) is 32.3 Å². The molecule has 0 spiro atoms. The molecule has 0 aliphatic carbocycles. The minimum atomic E-state index is 0.677. The van der Waals surface area contributed by atoms with Crippen molar-refractivity contribution in [2.24, 2.45) is 0 Å². The SMILES string of the molecule is Nc1cccc(-c2cn(Cc3ccccc3Br)nn2)c1. The van der Waals surface area contributed by atoms with E-state index >= 15 is 0 Å². The van der Waals surface area contributed by atoms with Crippen LogP contribution in [0.15, 0.2) is 59.2 Å². The van der Waals surface area contributed by atoms with Crippen LogP contribution in [0.25, 0.3) is 11.3 Å². The van der Waals surface area contributed by atoms with Crippen molar-refractivity contribution in [3.8, 4) is 11.3 Å². The Bertz CT molecular complexity index is 736. The van der Waals surface area contributed by atoms with Crippen molar-refractivity contribution in [1.29, 1.82) is 0 Å². The first-order valence-corrected chi connectivity index (χ1v) is 7.01. The zero-order valence-corrected chi connectivity index (χ0v) is 12.3. The zero-order valence-electron chi connectivity index (χ0n) is 10.7. The summed E-state index contributed by atoms with van der Waals surface area (Å²) in [5.74, 6) is 0. The third kappa shape index (κ3) is 2.72. The lowest BCUT2D eigenvalue weighted by atomic mass is 10.1. The van der Waals surface area contributed by atoms with Gasteiger partial charge in [-0.25, -0.2) is 4.68 Å². The first-order chi connectivity index (χ1) is 9.72. The van der Waals surface area contributed by atoms with E-state index < -0.39 is 0 Å². The average molecular weight is 329 g/mol. The molecule has 3 aromatic rings. The van der Waals surface area contributed by atoms with Crippen LogP contribution in [0.5, 0.6) is 0 Å². The highest BCUT2D eigenvalue weighted by molar-refractivity contribution is 9.10. The molecule has 2 aromatic carbocycles. The molecule has 0 atom stereocenters. The molecule has 0 aliphatic heterocycles. The molecule has 2 N–H and O–H groups in total. The van der Waals surface area contributed by atoms with Gasteiger partial charge >= 0.3 is 0 Å². The summed E-state index contributed by atoms with van der Waals surface area (Å²) in [6.07, 6.45) is 1.92. The summed E-state index contributed by atoms with van der Waals surface area (Å²) in [6, 6.07) is 15.7. The summed E-state index contributed by atoms with van der Waals surface area (Å²) in [7, 11) is 0. The Labute approximate surface area is 125 Å². The molecule has 4 nitrogen and oxygen atoms in total. The van der Waals surface area contributed by atoms with Crippen molar-refractivity contribution < 1.29 is 0 Å². The molecule has 0 bridgehead atoms. The Morgan fingerprint density at radius 1 is 1.10 bits per heavy atom. The summed E-state index contributed by atoms with van der Waals surface area (Å²) in [5, 5.41) is 8.36. The number of hydrogen-bond acceptors (Lipinski definition) is 3. The van der Waals surface area contributed by atoms with Gasteiger partial charge in [0.05, 0.1) is 12.7 Å². The van der Waals surface area contributed by atoms with Gasteiger partial charge < -0.3 is 5.73 Å². The standard InChI is InChI=1S/C15H13BrN4/c16-14-7-2-1-4-12(14)9-20-10-15(18-19-20)11-5-3-6-13(17)8-11/h1-8,10H,9,17H2. The topological polar surface area (TPSA) is 56.7 Å². The molecule has 3 rings (SSSR count). The lowest BCUT2D eigenvalue weighted by Crippen LogP contribution is -2.00. The molecule has 0 unspecified atom stereocenters. The zero-order chi connectivity index (χ0) is 13.9. The van der Waals surface area contributed by atoms with E-state index in [0.29, 0.717) is 6.54 Å². The Hall–Kier alpha value is -2.14. The van der Waals surface area contributed by atoms with E-state index in [9.17, 15) is 0 Å². The number of benzene rings is 2. The van der Waals surface area contributed by atoms with Gasteiger partial charge in [0.25, 0.3) is 0 Å². The molecule has 1 aromatic heterocycles. The van der Waals surface area contributed by atoms with Gasteiger partial charge in [-0.1, -0.05) is 51.5 Å². The molecule has 100 valence electrons. The fourth-order valence-electron chi connectivity index (χ4n) is 2.01. The van der Waals surface area contributed by atoms with E-state index in [1.165, 1.54) is 0 Å². The normalized spacial score (nSPS) is 10.7. The van der Waals surface area contributed by atoms with Gasteiger partial charge in [0.15, 0.2) is 0 Å². The quantitative estimate of drug-likeness (QED) is 0.750. The number of halogens is 1. The van der Waals surface area contributed by atoms with Crippen LogP contribution in [0.4, 0.5) is 5.69 Å². The smallest absolute Gasteiger partial charge is 0.113 e. The van der Waals surface area contributed by atoms with Crippen LogP contribution in [0, 0.1) is 0 Å². The summed E-state index contributed by atoms with van der Waals surface area (Å²) in [6.45, 7) is 0.677. The predicted octanol–water partition coefficient (Wildman–Crippen LogP) is 3.34. The number of rotatable bonds is 3. The maximum atomic E-state index is 5.78. The van der Waals surface area contributed by atoms with Crippen LogP contribution in [0.1, 0.15) is 5.56 Å². The Morgan fingerprint density at radius 3 is 2.75 bits per heavy atom. The summed E-state index contributed by atoms with van der Waals surface area (Å²) in [4.78, 5) is 0. The van der Waals surface area contributed by atoms with Gasteiger partial charge in [-0.05, 0) is 23.8 Å². The highest BCUT2D eigenvalue weighted by atomic mass is 79.9. The van der Waals surface area contributed by atoms with E-state index in [1.54, 1.807) is 0 Å². The van der Waals surface area contributed by atoms with Crippen LogP contribution in [0.3, 0.4) is 0 Å². The number of hydrogen-bond donors (Lipinski definition) is 1. The van der Waals surface area contributed by atoms with Crippen LogP contribution >= 0.6 is 15.9 Å². The van der Waals surface area contributed by atoms with Crippen molar-refractivity contribution in [2.75, 3.05) is 5.73 Å². The van der Waals surface area contributed by atoms with Crippen LogP contribution in [0.2, 0.25) is 0 Å². The van der Waals surface area contributed by atoms with Crippen molar-refractivity contribution in [3.05, 3.63) is 64.8 Å². The maximum Gasteiger partial charge on any atom is 0.113 e. The Kier molecular flexibility index (Phi) is 3.52. The van der Waals surface area contributed by atoms with E-state index in [1.807, 2.05) is 53.3 Å². The second-order valence-corrected chi connectivity index (χ2v) is 5.37. The van der Waals surface area contributed by atoms with Crippen molar-refractivity contribution in [2.45, 2.75) is 6.54 Å². The van der Waals surface area contributed by atoms with Gasteiger partial charge in [-0.2, -0.15) is 0 Å². The van der Waals surface area contributed by atoms with Gasteiger partial charge in [-0.3, -0.25) is 0 Å². The molecule has 20 heavy (non-hydrogen) atoms. The van der Waals surface area contributed by atoms with Gasteiger partial charge in [-0.15, -0.1) is 5.10 Å². The summed E-state index contributed by atoms with van der Waals surface area (Å²) in [5.41, 5.74) is 9.47. The summed E-state index contributed by atoms with van der Waals surface area (Å²) >= 11 is 3.54. The predicted molar refractivity (Wildman–Crippen MR) is 83.1 cm³/mol. The molecule has 0 aliphatic rings.